The molecular weight excluding hydrogens is 356 g/mol. The van der Waals surface area contributed by atoms with Gasteiger partial charge in [-0.1, -0.05) is 6.07 Å². The Morgan fingerprint density at radius 2 is 1.96 bits per heavy atom. The van der Waals surface area contributed by atoms with E-state index in [-0.39, 0.29) is 10.7 Å². The first-order valence-electron chi connectivity index (χ1n) is 7.72. The van der Waals surface area contributed by atoms with E-state index in [1.807, 2.05) is 6.07 Å². The lowest BCUT2D eigenvalue weighted by Crippen LogP contribution is -2.13. The van der Waals surface area contributed by atoms with Crippen molar-refractivity contribution in [1.82, 2.24) is 4.98 Å². The van der Waals surface area contributed by atoms with Crippen LogP contribution in [0.15, 0.2) is 58.0 Å². The van der Waals surface area contributed by atoms with Gasteiger partial charge >= 0.3 is 5.97 Å². The Hall–Kier alpha value is -3.26. The molecule has 0 fully saturated rings. The SMILES string of the molecule is Cc1c(C(=O)O)oc2ccc(S(=O)(=O)Nc3cccc4[nH]ccc34)cc12. The third-order valence-corrected chi connectivity index (χ3v) is 5.61. The Morgan fingerprint density at radius 1 is 1.15 bits per heavy atom. The lowest BCUT2D eigenvalue weighted by atomic mass is 10.1. The van der Waals surface area contributed by atoms with Gasteiger partial charge in [0.05, 0.1) is 10.6 Å². The molecule has 0 saturated carbocycles. The number of carbonyl (C=O) groups is 1. The van der Waals surface area contributed by atoms with E-state index in [0.29, 0.717) is 22.2 Å². The molecule has 0 aliphatic carbocycles. The zero-order chi connectivity index (χ0) is 18.5. The van der Waals surface area contributed by atoms with Crippen molar-refractivity contribution < 1.29 is 22.7 Å². The van der Waals surface area contributed by atoms with E-state index in [2.05, 4.69) is 9.71 Å². The molecule has 2 heterocycles. The highest BCUT2D eigenvalue weighted by Crippen LogP contribution is 2.30. The average Bonchev–Trinajstić information content (AvgIpc) is 3.20. The molecule has 0 unspecified atom stereocenters. The summed E-state index contributed by atoms with van der Waals surface area (Å²) in [5, 5.41) is 10.3. The van der Waals surface area contributed by atoms with Crippen LogP contribution in [-0.2, 0) is 10.0 Å². The Balaban J connectivity index is 1.79. The van der Waals surface area contributed by atoms with Gasteiger partial charge in [-0.25, -0.2) is 13.2 Å². The number of H-pyrrole nitrogens is 1. The number of aromatic nitrogens is 1. The highest BCUT2D eigenvalue weighted by molar-refractivity contribution is 7.92. The lowest BCUT2D eigenvalue weighted by Gasteiger charge is -2.09. The second-order valence-electron chi connectivity index (χ2n) is 5.87. The van der Waals surface area contributed by atoms with E-state index in [9.17, 15) is 13.2 Å². The van der Waals surface area contributed by atoms with Gasteiger partial charge in [0, 0.05) is 28.0 Å². The minimum absolute atomic E-state index is 0.0263. The number of aryl methyl sites for hydroxylation is 1. The molecule has 0 saturated heterocycles. The van der Waals surface area contributed by atoms with Crippen LogP contribution in [0.2, 0.25) is 0 Å². The number of aromatic carboxylic acids is 1. The number of carboxylic acids is 1. The fourth-order valence-corrected chi connectivity index (χ4v) is 4.05. The maximum atomic E-state index is 12.8. The van der Waals surface area contributed by atoms with Gasteiger partial charge in [-0.2, -0.15) is 0 Å². The maximum absolute atomic E-state index is 12.8. The van der Waals surface area contributed by atoms with Gasteiger partial charge in [-0.15, -0.1) is 0 Å². The number of sulfonamides is 1. The molecule has 4 rings (SSSR count). The minimum Gasteiger partial charge on any atom is -0.475 e. The topological polar surface area (TPSA) is 112 Å². The van der Waals surface area contributed by atoms with Crippen molar-refractivity contribution in [2.24, 2.45) is 0 Å². The number of furan rings is 1. The first-order valence-corrected chi connectivity index (χ1v) is 9.20. The van der Waals surface area contributed by atoms with E-state index in [4.69, 9.17) is 9.52 Å². The van der Waals surface area contributed by atoms with Crippen LogP contribution < -0.4 is 4.72 Å². The largest absolute Gasteiger partial charge is 0.475 e. The number of benzene rings is 2. The zero-order valence-electron chi connectivity index (χ0n) is 13.6. The first-order chi connectivity index (χ1) is 12.4. The molecule has 0 amide bonds. The Kier molecular flexibility index (Phi) is 3.52. The van der Waals surface area contributed by atoms with Gasteiger partial charge in [0.1, 0.15) is 5.58 Å². The van der Waals surface area contributed by atoms with Crippen LogP contribution in [0.4, 0.5) is 5.69 Å². The molecule has 0 aliphatic heterocycles. The van der Waals surface area contributed by atoms with E-state index in [1.165, 1.54) is 18.2 Å². The predicted octanol–water partition coefficient (Wildman–Crippen LogP) is 3.72. The second-order valence-corrected chi connectivity index (χ2v) is 7.55. The number of nitrogens with one attached hydrogen (secondary N) is 2. The summed E-state index contributed by atoms with van der Waals surface area (Å²) in [4.78, 5) is 14.2. The molecule has 0 atom stereocenters. The number of rotatable bonds is 4. The number of hydrogen-bond donors (Lipinski definition) is 3. The van der Waals surface area contributed by atoms with Gasteiger partial charge in [0.2, 0.25) is 5.76 Å². The van der Waals surface area contributed by atoms with Crippen LogP contribution in [0.1, 0.15) is 16.1 Å². The highest BCUT2D eigenvalue weighted by atomic mass is 32.2. The molecule has 26 heavy (non-hydrogen) atoms. The Morgan fingerprint density at radius 3 is 2.73 bits per heavy atom. The Labute approximate surface area is 148 Å². The quantitative estimate of drug-likeness (QED) is 0.507. The summed E-state index contributed by atoms with van der Waals surface area (Å²) in [6, 6.07) is 11.3. The van der Waals surface area contributed by atoms with Crippen LogP contribution >= 0.6 is 0 Å². The van der Waals surface area contributed by atoms with Crippen LogP contribution in [0.3, 0.4) is 0 Å². The molecule has 0 radical (unpaired) electrons. The maximum Gasteiger partial charge on any atom is 0.372 e. The standard InChI is InChI=1S/C18H14N2O5S/c1-10-13-9-11(5-6-16(13)25-17(10)18(21)22)26(23,24)20-15-4-2-3-14-12(15)7-8-19-14/h2-9,19-20H,1H3,(H,21,22). The fraction of sp³-hybridized carbons (Fsp3) is 0.0556. The summed E-state index contributed by atoms with van der Waals surface area (Å²) in [6.07, 6.45) is 1.73. The third kappa shape index (κ3) is 2.51. The molecule has 2 aromatic heterocycles. The first kappa shape index (κ1) is 16.2. The van der Waals surface area contributed by atoms with Crippen molar-refractivity contribution in [3.8, 4) is 0 Å². The molecule has 3 N–H and O–H groups in total. The van der Waals surface area contributed by atoms with E-state index < -0.39 is 16.0 Å². The minimum atomic E-state index is -3.85. The molecule has 0 aliphatic rings. The van der Waals surface area contributed by atoms with Crippen molar-refractivity contribution in [2.75, 3.05) is 4.72 Å². The van der Waals surface area contributed by atoms with Crippen molar-refractivity contribution in [2.45, 2.75) is 11.8 Å². The van der Waals surface area contributed by atoms with Gasteiger partial charge < -0.3 is 14.5 Å². The molecule has 0 spiro atoms. The summed E-state index contributed by atoms with van der Waals surface area (Å²) < 4.78 is 33.4. The Bertz CT molecular complexity index is 1270. The predicted molar refractivity (Wildman–Crippen MR) is 97.0 cm³/mol. The molecule has 0 bridgehead atoms. The van der Waals surface area contributed by atoms with Gasteiger partial charge in [-0.3, -0.25) is 4.72 Å². The average molecular weight is 370 g/mol. The van der Waals surface area contributed by atoms with Crippen molar-refractivity contribution >= 4 is 43.6 Å². The van der Waals surface area contributed by atoms with Crippen LogP contribution in [-0.4, -0.2) is 24.5 Å². The number of carboxylic acid groups (broad SMARTS) is 1. The van der Waals surface area contributed by atoms with Crippen molar-refractivity contribution in [1.29, 1.82) is 0 Å². The summed E-state index contributed by atoms with van der Waals surface area (Å²) in [6.45, 7) is 1.58. The highest BCUT2D eigenvalue weighted by Gasteiger charge is 2.21. The van der Waals surface area contributed by atoms with Crippen molar-refractivity contribution in [3.63, 3.8) is 0 Å². The normalized spacial score (nSPS) is 11.9. The second kappa shape index (κ2) is 5.63. The summed E-state index contributed by atoms with van der Waals surface area (Å²) in [5.74, 6) is -1.39. The number of aromatic amines is 1. The summed E-state index contributed by atoms with van der Waals surface area (Å²) >= 11 is 0. The monoisotopic (exact) mass is 370 g/mol. The molecule has 8 heteroatoms. The van der Waals surface area contributed by atoms with Gasteiger partial charge in [0.25, 0.3) is 10.0 Å². The van der Waals surface area contributed by atoms with E-state index in [0.717, 1.165) is 10.9 Å². The van der Waals surface area contributed by atoms with Crippen LogP contribution in [0.5, 0.6) is 0 Å². The van der Waals surface area contributed by atoms with E-state index >= 15 is 0 Å². The fourth-order valence-electron chi connectivity index (χ4n) is 2.95. The number of fused-ring (bicyclic) bond motifs is 2. The van der Waals surface area contributed by atoms with Gasteiger partial charge in [0.15, 0.2) is 0 Å². The van der Waals surface area contributed by atoms with Gasteiger partial charge in [-0.05, 0) is 43.3 Å². The number of anilines is 1. The molecular formula is C18H14N2O5S. The molecule has 7 nitrogen and oxygen atoms in total. The third-order valence-electron chi connectivity index (χ3n) is 4.25. The molecule has 132 valence electrons. The molecule has 4 aromatic rings. The van der Waals surface area contributed by atoms with Crippen LogP contribution in [0, 0.1) is 6.92 Å². The summed E-state index contributed by atoms with van der Waals surface area (Å²) in [5.41, 5.74) is 1.99. The zero-order valence-corrected chi connectivity index (χ0v) is 14.4. The lowest BCUT2D eigenvalue weighted by molar-refractivity contribution is 0.0664. The van der Waals surface area contributed by atoms with Crippen molar-refractivity contribution in [3.05, 3.63) is 60.0 Å². The molecule has 2 aromatic carbocycles. The number of hydrogen-bond acceptors (Lipinski definition) is 4. The van der Waals surface area contributed by atoms with E-state index in [1.54, 1.807) is 31.3 Å². The van der Waals surface area contributed by atoms with Crippen LogP contribution in [0.25, 0.3) is 21.9 Å². The smallest absolute Gasteiger partial charge is 0.372 e. The summed E-state index contributed by atoms with van der Waals surface area (Å²) in [7, 11) is -3.85.